The number of para-hydroxylation sites is 1. The van der Waals surface area contributed by atoms with Crippen LogP contribution in [0.4, 0.5) is 0 Å². The summed E-state index contributed by atoms with van der Waals surface area (Å²) >= 11 is 0. The van der Waals surface area contributed by atoms with Crippen LogP contribution in [-0.2, 0) is 13.1 Å². The topological polar surface area (TPSA) is 54.3 Å². The summed E-state index contributed by atoms with van der Waals surface area (Å²) < 4.78 is 1.96. The van der Waals surface area contributed by atoms with Crippen LogP contribution in [0.5, 0.6) is 0 Å². The first-order valence-corrected chi connectivity index (χ1v) is 9.76. The zero-order valence-electron chi connectivity index (χ0n) is 15.7. The first kappa shape index (κ1) is 17.8. The molecule has 0 unspecified atom stereocenters. The Balaban J connectivity index is 1.78. The van der Waals surface area contributed by atoms with E-state index in [-0.39, 0.29) is 0 Å². The molecule has 2 aromatic carbocycles. The van der Waals surface area contributed by atoms with Gasteiger partial charge in [0.25, 0.3) is 0 Å². The van der Waals surface area contributed by atoms with E-state index >= 15 is 0 Å². The van der Waals surface area contributed by atoms with Gasteiger partial charge in [0.1, 0.15) is 5.69 Å². The van der Waals surface area contributed by atoms with Crippen LogP contribution in [0.1, 0.15) is 52.9 Å². The number of aromatic nitrogens is 1. The maximum absolute atomic E-state index is 12.2. The van der Waals surface area contributed by atoms with E-state index in [0.29, 0.717) is 24.8 Å². The second-order valence-corrected chi connectivity index (χ2v) is 7.52. The van der Waals surface area contributed by atoms with Gasteiger partial charge in [-0.15, -0.1) is 0 Å². The Morgan fingerprint density at radius 3 is 2.56 bits per heavy atom. The zero-order chi connectivity index (χ0) is 18.8. The third-order valence-corrected chi connectivity index (χ3v) is 5.79. The van der Waals surface area contributed by atoms with E-state index in [1.165, 1.54) is 31.2 Å². The molecule has 3 aromatic rings. The minimum atomic E-state index is -0.858. The van der Waals surface area contributed by atoms with E-state index in [4.69, 9.17) is 0 Å². The number of hydrogen-bond acceptors (Lipinski definition) is 2. The molecule has 4 heteroatoms. The van der Waals surface area contributed by atoms with Gasteiger partial charge in [-0.2, -0.15) is 0 Å². The highest BCUT2D eigenvalue weighted by Gasteiger charge is 2.23. The van der Waals surface area contributed by atoms with Crippen LogP contribution in [0.15, 0.2) is 48.5 Å². The van der Waals surface area contributed by atoms with Crippen LogP contribution in [0.3, 0.4) is 0 Å². The van der Waals surface area contributed by atoms with Crippen LogP contribution < -0.4 is 5.32 Å². The second kappa shape index (κ2) is 7.57. The van der Waals surface area contributed by atoms with Gasteiger partial charge in [-0.25, -0.2) is 4.79 Å². The molecule has 1 aliphatic carbocycles. The molecule has 27 heavy (non-hydrogen) atoms. The average molecular weight is 362 g/mol. The molecule has 0 bridgehead atoms. The van der Waals surface area contributed by atoms with Crippen LogP contribution in [0.2, 0.25) is 0 Å². The maximum Gasteiger partial charge on any atom is 0.352 e. The van der Waals surface area contributed by atoms with E-state index in [0.717, 1.165) is 22.0 Å². The fourth-order valence-corrected chi connectivity index (χ4v) is 4.30. The third kappa shape index (κ3) is 3.50. The lowest BCUT2D eigenvalue weighted by atomic mass is 10.1. The third-order valence-electron chi connectivity index (χ3n) is 5.79. The Kier molecular flexibility index (Phi) is 4.99. The molecule has 140 valence electrons. The van der Waals surface area contributed by atoms with Gasteiger partial charge >= 0.3 is 5.97 Å². The van der Waals surface area contributed by atoms with Gasteiger partial charge in [0, 0.05) is 35.6 Å². The van der Waals surface area contributed by atoms with Crippen molar-refractivity contribution in [3.05, 3.63) is 70.9 Å². The molecule has 0 amide bonds. The number of benzene rings is 2. The highest BCUT2D eigenvalue weighted by molar-refractivity contribution is 5.98. The number of carboxylic acid groups (broad SMARTS) is 1. The van der Waals surface area contributed by atoms with E-state index in [9.17, 15) is 9.90 Å². The van der Waals surface area contributed by atoms with E-state index in [1.807, 2.05) is 41.0 Å². The Bertz CT molecular complexity index is 968. The summed E-state index contributed by atoms with van der Waals surface area (Å²) in [7, 11) is 0. The van der Waals surface area contributed by atoms with Crippen molar-refractivity contribution in [1.29, 1.82) is 0 Å². The number of nitrogens with zero attached hydrogens (tertiary/aromatic N) is 1. The molecular formula is C23H26N2O2. The second-order valence-electron chi connectivity index (χ2n) is 7.52. The Morgan fingerprint density at radius 1 is 1.11 bits per heavy atom. The number of carboxylic acids is 1. The summed E-state index contributed by atoms with van der Waals surface area (Å²) in [6, 6.07) is 16.7. The van der Waals surface area contributed by atoms with Gasteiger partial charge in [-0.1, -0.05) is 55.3 Å². The summed E-state index contributed by atoms with van der Waals surface area (Å²) in [4.78, 5) is 12.2. The molecule has 4 nitrogen and oxygen atoms in total. The van der Waals surface area contributed by atoms with Crippen molar-refractivity contribution in [3.63, 3.8) is 0 Å². The van der Waals surface area contributed by atoms with Crippen molar-refractivity contribution < 1.29 is 9.90 Å². The summed E-state index contributed by atoms with van der Waals surface area (Å²) in [5.41, 5.74) is 4.62. The number of carbonyl (C=O) groups is 1. The van der Waals surface area contributed by atoms with Gasteiger partial charge < -0.3 is 15.0 Å². The van der Waals surface area contributed by atoms with Gasteiger partial charge in [-0.3, -0.25) is 0 Å². The fourth-order valence-electron chi connectivity index (χ4n) is 4.30. The van der Waals surface area contributed by atoms with Crippen molar-refractivity contribution in [2.45, 2.75) is 51.7 Å². The lowest BCUT2D eigenvalue weighted by Crippen LogP contribution is -2.26. The monoisotopic (exact) mass is 362 g/mol. The summed E-state index contributed by atoms with van der Waals surface area (Å²) in [5.74, 6) is -0.858. The molecule has 1 saturated carbocycles. The maximum atomic E-state index is 12.2. The molecule has 1 aliphatic rings. The van der Waals surface area contributed by atoms with Gasteiger partial charge in [0.05, 0.1) is 0 Å². The Morgan fingerprint density at radius 2 is 1.81 bits per heavy atom. The number of rotatable bonds is 6. The van der Waals surface area contributed by atoms with Gasteiger partial charge in [0.15, 0.2) is 0 Å². The van der Waals surface area contributed by atoms with Gasteiger partial charge in [-0.05, 0) is 37.0 Å². The lowest BCUT2D eigenvalue weighted by molar-refractivity contribution is 0.0684. The molecule has 1 fully saturated rings. The summed E-state index contributed by atoms with van der Waals surface area (Å²) in [6.45, 7) is 3.25. The quantitative estimate of drug-likeness (QED) is 0.667. The lowest BCUT2D eigenvalue weighted by Gasteiger charge is -2.13. The number of aryl methyl sites for hydroxylation is 1. The van der Waals surface area contributed by atoms with Crippen molar-refractivity contribution >= 4 is 16.9 Å². The van der Waals surface area contributed by atoms with Gasteiger partial charge in [0.2, 0.25) is 0 Å². The smallest absolute Gasteiger partial charge is 0.352 e. The Hall–Kier alpha value is -2.59. The van der Waals surface area contributed by atoms with Crippen LogP contribution in [0, 0.1) is 6.92 Å². The molecule has 0 radical (unpaired) electrons. The SMILES string of the molecule is Cc1ccccc1Cn1c(C(=O)O)c(CNC2CCCC2)c2ccccc21. The van der Waals surface area contributed by atoms with E-state index < -0.39 is 5.97 Å². The minimum Gasteiger partial charge on any atom is -0.477 e. The molecule has 0 aliphatic heterocycles. The van der Waals surface area contributed by atoms with E-state index in [2.05, 4.69) is 24.4 Å². The van der Waals surface area contributed by atoms with Crippen molar-refractivity contribution in [3.8, 4) is 0 Å². The molecule has 1 heterocycles. The van der Waals surface area contributed by atoms with Crippen molar-refractivity contribution in [2.75, 3.05) is 0 Å². The molecule has 4 rings (SSSR count). The first-order chi connectivity index (χ1) is 13.1. The minimum absolute atomic E-state index is 0.407. The summed E-state index contributed by atoms with van der Waals surface area (Å²) in [5, 5.41) is 14.7. The average Bonchev–Trinajstić information content (AvgIpc) is 3.28. The number of fused-ring (bicyclic) bond motifs is 1. The number of hydrogen-bond donors (Lipinski definition) is 2. The Labute approximate surface area is 159 Å². The molecule has 0 atom stereocenters. The largest absolute Gasteiger partial charge is 0.477 e. The highest BCUT2D eigenvalue weighted by atomic mass is 16.4. The van der Waals surface area contributed by atoms with Crippen molar-refractivity contribution in [1.82, 2.24) is 9.88 Å². The molecule has 2 N–H and O–H groups in total. The normalized spacial score (nSPS) is 14.9. The zero-order valence-corrected chi connectivity index (χ0v) is 15.7. The predicted molar refractivity (Wildman–Crippen MR) is 108 cm³/mol. The molecule has 1 aromatic heterocycles. The van der Waals surface area contributed by atoms with Crippen LogP contribution >= 0.6 is 0 Å². The van der Waals surface area contributed by atoms with Crippen molar-refractivity contribution in [2.24, 2.45) is 0 Å². The predicted octanol–water partition coefficient (Wildman–Crippen LogP) is 4.73. The molecule has 0 saturated heterocycles. The number of nitrogens with one attached hydrogen (secondary N) is 1. The molecular weight excluding hydrogens is 336 g/mol. The molecule has 0 spiro atoms. The van der Waals surface area contributed by atoms with E-state index in [1.54, 1.807) is 0 Å². The number of aromatic carboxylic acids is 1. The highest BCUT2D eigenvalue weighted by Crippen LogP contribution is 2.29. The van der Waals surface area contributed by atoms with Crippen LogP contribution in [-0.4, -0.2) is 21.7 Å². The standard InChI is InChI=1S/C23H26N2O2/c1-16-8-2-3-9-17(16)15-25-21-13-7-6-12-19(21)20(22(25)23(26)27)14-24-18-10-4-5-11-18/h2-3,6-9,12-13,18,24H,4-5,10-11,14-15H2,1H3,(H,26,27). The van der Waals surface area contributed by atoms with Crippen LogP contribution in [0.25, 0.3) is 10.9 Å². The summed E-state index contributed by atoms with van der Waals surface area (Å²) in [6.07, 6.45) is 4.89. The first-order valence-electron chi connectivity index (χ1n) is 9.76. The fraction of sp³-hybridized carbons (Fsp3) is 0.348.